The number of halogens is 3. The average molecular weight is 277 g/mol. The molecule has 2 aromatic carbocycles. The molecule has 0 fully saturated rings. The maximum Gasteiger partial charge on any atom is 0.416 e. The SMILES string of the molecule is Cc1ccc(C#N)c(Oc2ccc(C(F)(F)F)cc2)c1. The molecule has 20 heavy (non-hydrogen) atoms. The Balaban J connectivity index is 2.27. The highest BCUT2D eigenvalue weighted by Crippen LogP contribution is 2.32. The van der Waals surface area contributed by atoms with Crippen LogP contribution in [0.15, 0.2) is 42.5 Å². The summed E-state index contributed by atoms with van der Waals surface area (Å²) in [6.07, 6.45) is -4.38. The van der Waals surface area contributed by atoms with Gasteiger partial charge >= 0.3 is 6.18 Å². The summed E-state index contributed by atoms with van der Waals surface area (Å²) in [6, 6.07) is 11.3. The first-order chi connectivity index (χ1) is 9.40. The number of nitriles is 1. The van der Waals surface area contributed by atoms with Crippen LogP contribution in [-0.2, 0) is 6.18 Å². The summed E-state index contributed by atoms with van der Waals surface area (Å²) in [7, 11) is 0. The molecular weight excluding hydrogens is 267 g/mol. The molecule has 0 spiro atoms. The number of aryl methyl sites for hydroxylation is 1. The van der Waals surface area contributed by atoms with Crippen molar-refractivity contribution < 1.29 is 17.9 Å². The van der Waals surface area contributed by atoms with Gasteiger partial charge in [-0.2, -0.15) is 18.4 Å². The molecule has 2 aromatic rings. The van der Waals surface area contributed by atoms with Crippen molar-refractivity contribution in [2.24, 2.45) is 0 Å². The Kier molecular flexibility index (Phi) is 3.66. The Bertz CT molecular complexity index is 654. The van der Waals surface area contributed by atoms with Gasteiger partial charge in [0.1, 0.15) is 17.6 Å². The Morgan fingerprint density at radius 2 is 1.70 bits per heavy atom. The lowest BCUT2D eigenvalue weighted by atomic mass is 10.1. The van der Waals surface area contributed by atoms with Crippen LogP contribution in [0.1, 0.15) is 16.7 Å². The molecule has 0 amide bonds. The van der Waals surface area contributed by atoms with Gasteiger partial charge in [-0.3, -0.25) is 0 Å². The number of alkyl halides is 3. The lowest BCUT2D eigenvalue weighted by Crippen LogP contribution is -2.04. The van der Waals surface area contributed by atoms with E-state index in [0.29, 0.717) is 11.3 Å². The number of benzene rings is 2. The predicted molar refractivity (Wildman–Crippen MR) is 67.4 cm³/mol. The molecule has 0 unspecified atom stereocenters. The maximum absolute atomic E-state index is 12.4. The van der Waals surface area contributed by atoms with Gasteiger partial charge < -0.3 is 4.74 Å². The molecule has 0 saturated heterocycles. The van der Waals surface area contributed by atoms with E-state index in [4.69, 9.17) is 10.00 Å². The highest BCUT2D eigenvalue weighted by atomic mass is 19.4. The highest BCUT2D eigenvalue weighted by Gasteiger charge is 2.30. The van der Waals surface area contributed by atoms with Crippen LogP contribution in [0.5, 0.6) is 11.5 Å². The van der Waals surface area contributed by atoms with E-state index in [2.05, 4.69) is 0 Å². The van der Waals surface area contributed by atoms with Crippen LogP contribution in [-0.4, -0.2) is 0 Å². The molecule has 0 radical (unpaired) electrons. The van der Waals surface area contributed by atoms with Gasteiger partial charge in [-0.25, -0.2) is 0 Å². The second kappa shape index (κ2) is 5.25. The Labute approximate surface area is 114 Å². The quantitative estimate of drug-likeness (QED) is 0.798. The first-order valence-electron chi connectivity index (χ1n) is 5.76. The van der Waals surface area contributed by atoms with Gasteiger partial charge in [0.25, 0.3) is 0 Å². The molecule has 5 heteroatoms. The third-order valence-electron chi connectivity index (χ3n) is 2.67. The highest BCUT2D eigenvalue weighted by molar-refractivity contribution is 5.47. The summed E-state index contributed by atoms with van der Waals surface area (Å²) in [5.41, 5.74) is 0.482. The van der Waals surface area contributed by atoms with E-state index in [-0.39, 0.29) is 5.75 Å². The molecule has 0 aliphatic heterocycles. The van der Waals surface area contributed by atoms with Crippen LogP contribution in [0, 0.1) is 18.3 Å². The van der Waals surface area contributed by atoms with Crippen molar-refractivity contribution in [2.45, 2.75) is 13.1 Å². The largest absolute Gasteiger partial charge is 0.456 e. The minimum absolute atomic E-state index is 0.250. The van der Waals surface area contributed by atoms with Crippen LogP contribution >= 0.6 is 0 Å². The van der Waals surface area contributed by atoms with Crippen molar-refractivity contribution in [1.82, 2.24) is 0 Å². The second-order valence-corrected chi connectivity index (χ2v) is 4.24. The number of hydrogen-bond donors (Lipinski definition) is 0. The third kappa shape index (κ3) is 3.09. The molecule has 102 valence electrons. The zero-order valence-electron chi connectivity index (χ0n) is 10.5. The smallest absolute Gasteiger partial charge is 0.416 e. The summed E-state index contributed by atoms with van der Waals surface area (Å²) in [6.45, 7) is 1.83. The lowest BCUT2D eigenvalue weighted by Gasteiger charge is -2.10. The van der Waals surface area contributed by atoms with E-state index in [9.17, 15) is 13.2 Å². The van der Waals surface area contributed by atoms with Gasteiger partial charge in [0.2, 0.25) is 0 Å². The zero-order valence-corrected chi connectivity index (χ0v) is 10.5. The summed E-state index contributed by atoms with van der Waals surface area (Å²) >= 11 is 0. The van der Waals surface area contributed by atoms with Crippen molar-refractivity contribution in [2.75, 3.05) is 0 Å². The van der Waals surface area contributed by atoms with Crippen LogP contribution in [0.2, 0.25) is 0 Å². The molecule has 0 heterocycles. The van der Waals surface area contributed by atoms with Gasteiger partial charge in [-0.05, 0) is 48.9 Å². The molecule has 2 rings (SSSR count). The van der Waals surface area contributed by atoms with E-state index in [1.165, 1.54) is 12.1 Å². The van der Waals surface area contributed by atoms with Crippen LogP contribution in [0.25, 0.3) is 0 Å². The molecular formula is C15H10F3NO. The van der Waals surface area contributed by atoms with Crippen LogP contribution in [0.3, 0.4) is 0 Å². The first-order valence-corrected chi connectivity index (χ1v) is 5.76. The Hall–Kier alpha value is -2.48. The van der Waals surface area contributed by atoms with Gasteiger partial charge in [-0.15, -0.1) is 0 Å². The van der Waals surface area contributed by atoms with Crippen molar-refractivity contribution >= 4 is 0 Å². The Morgan fingerprint density at radius 3 is 2.25 bits per heavy atom. The normalized spacial score (nSPS) is 10.9. The standard InChI is InChI=1S/C15H10F3NO/c1-10-2-3-11(9-19)14(8-10)20-13-6-4-12(5-7-13)15(16,17)18/h2-8H,1H3. The number of rotatable bonds is 2. The molecule has 0 bridgehead atoms. The molecule has 0 saturated carbocycles. The fourth-order valence-corrected chi connectivity index (χ4v) is 1.65. The topological polar surface area (TPSA) is 33.0 Å². The van der Waals surface area contributed by atoms with Crippen molar-refractivity contribution in [3.8, 4) is 17.6 Å². The third-order valence-corrected chi connectivity index (χ3v) is 2.67. The van der Waals surface area contributed by atoms with E-state index in [1.807, 2.05) is 13.0 Å². The van der Waals surface area contributed by atoms with Crippen LogP contribution < -0.4 is 4.74 Å². The summed E-state index contributed by atoms with van der Waals surface area (Å²) < 4.78 is 42.8. The molecule has 0 N–H and O–H groups in total. The van der Waals surface area contributed by atoms with E-state index in [1.54, 1.807) is 18.2 Å². The summed E-state index contributed by atoms with van der Waals surface area (Å²) in [4.78, 5) is 0. The fraction of sp³-hybridized carbons (Fsp3) is 0.133. The van der Waals surface area contributed by atoms with E-state index in [0.717, 1.165) is 17.7 Å². The van der Waals surface area contributed by atoms with E-state index >= 15 is 0 Å². The lowest BCUT2D eigenvalue weighted by molar-refractivity contribution is -0.137. The molecule has 2 nitrogen and oxygen atoms in total. The van der Waals surface area contributed by atoms with Gasteiger partial charge in [0, 0.05) is 0 Å². The number of nitrogens with zero attached hydrogens (tertiary/aromatic N) is 1. The van der Waals surface area contributed by atoms with E-state index < -0.39 is 11.7 Å². The number of hydrogen-bond acceptors (Lipinski definition) is 2. The minimum atomic E-state index is -4.38. The van der Waals surface area contributed by atoms with Crippen molar-refractivity contribution in [3.63, 3.8) is 0 Å². The fourth-order valence-electron chi connectivity index (χ4n) is 1.65. The van der Waals surface area contributed by atoms with Gasteiger partial charge in [-0.1, -0.05) is 6.07 Å². The Morgan fingerprint density at radius 1 is 1.05 bits per heavy atom. The predicted octanol–water partition coefficient (Wildman–Crippen LogP) is 4.68. The second-order valence-electron chi connectivity index (χ2n) is 4.24. The molecule has 0 atom stereocenters. The monoisotopic (exact) mass is 277 g/mol. The minimum Gasteiger partial charge on any atom is -0.456 e. The van der Waals surface area contributed by atoms with Crippen molar-refractivity contribution in [1.29, 1.82) is 5.26 Å². The molecule has 0 aliphatic carbocycles. The average Bonchev–Trinajstić information content (AvgIpc) is 2.38. The molecule has 0 aromatic heterocycles. The maximum atomic E-state index is 12.4. The van der Waals surface area contributed by atoms with Crippen LogP contribution in [0.4, 0.5) is 13.2 Å². The van der Waals surface area contributed by atoms with Gasteiger partial charge in [0.05, 0.1) is 11.1 Å². The number of ether oxygens (including phenoxy) is 1. The summed E-state index contributed by atoms with van der Waals surface area (Å²) in [5.74, 6) is 0.576. The van der Waals surface area contributed by atoms with Crippen molar-refractivity contribution in [3.05, 3.63) is 59.2 Å². The van der Waals surface area contributed by atoms with Gasteiger partial charge in [0.15, 0.2) is 0 Å². The molecule has 0 aliphatic rings. The zero-order chi connectivity index (χ0) is 14.8. The first kappa shape index (κ1) is 13.9. The summed E-state index contributed by atoms with van der Waals surface area (Å²) in [5, 5.41) is 8.96.